The van der Waals surface area contributed by atoms with Crippen LogP contribution in [0, 0.1) is 0 Å². The molecule has 0 aromatic heterocycles. The molecular formula is C15H25NO2. The Bertz CT molecular complexity index is 311. The molecule has 0 radical (unpaired) electrons. The van der Waals surface area contributed by atoms with Crippen molar-refractivity contribution in [2.24, 2.45) is 0 Å². The van der Waals surface area contributed by atoms with E-state index in [1.807, 2.05) is 19.1 Å². The Morgan fingerprint density at radius 2 is 1.89 bits per heavy atom. The summed E-state index contributed by atoms with van der Waals surface area (Å²) in [7, 11) is 1.69. The lowest BCUT2D eigenvalue weighted by atomic mass is 10.0. The highest BCUT2D eigenvalue weighted by Gasteiger charge is 2.07. The first kappa shape index (κ1) is 15.0. The average Bonchev–Trinajstić information content (AvgIpc) is 2.43. The van der Waals surface area contributed by atoms with Crippen molar-refractivity contribution >= 4 is 0 Å². The predicted octanol–water partition coefficient (Wildman–Crippen LogP) is 3.16. The number of nitrogens with one attached hydrogen (secondary N) is 1. The van der Waals surface area contributed by atoms with Gasteiger partial charge < -0.3 is 14.8 Å². The number of benzene rings is 1. The van der Waals surface area contributed by atoms with Gasteiger partial charge in [0.1, 0.15) is 5.75 Å². The molecule has 0 fully saturated rings. The number of methoxy groups -OCH3 is 1. The highest BCUT2D eigenvalue weighted by molar-refractivity contribution is 5.29. The highest BCUT2D eigenvalue weighted by Crippen LogP contribution is 2.19. The number of rotatable bonds is 9. The maximum Gasteiger partial charge on any atom is 0.118 e. The summed E-state index contributed by atoms with van der Waals surface area (Å²) in [5.41, 5.74) is 1.31. The van der Waals surface area contributed by atoms with Gasteiger partial charge in [0, 0.05) is 19.3 Å². The second kappa shape index (κ2) is 8.95. The van der Waals surface area contributed by atoms with Crippen LogP contribution in [0.15, 0.2) is 24.3 Å². The summed E-state index contributed by atoms with van der Waals surface area (Å²) < 4.78 is 10.5. The van der Waals surface area contributed by atoms with E-state index in [0.29, 0.717) is 6.04 Å². The van der Waals surface area contributed by atoms with Crippen LogP contribution in [0.3, 0.4) is 0 Å². The van der Waals surface area contributed by atoms with Crippen molar-refractivity contribution in [3.8, 4) is 5.75 Å². The minimum atomic E-state index is 0.414. The zero-order valence-corrected chi connectivity index (χ0v) is 11.7. The maximum absolute atomic E-state index is 5.33. The van der Waals surface area contributed by atoms with Crippen LogP contribution in [0.2, 0.25) is 0 Å². The fourth-order valence-electron chi connectivity index (χ4n) is 1.93. The topological polar surface area (TPSA) is 30.5 Å². The van der Waals surface area contributed by atoms with Crippen molar-refractivity contribution in [1.29, 1.82) is 0 Å². The molecule has 0 aliphatic carbocycles. The van der Waals surface area contributed by atoms with E-state index in [0.717, 1.165) is 38.3 Å². The van der Waals surface area contributed by atoms with Crippen LogP contribution < -0.4 is 10.1 Å². The molecule has 1 aromatic rings. The van der Waals surface area contributed by atoms with Gasteiger partial charge in [-0.05, 0) is 44.0 Å². The SMILES string of the molecule is CCOCCCNC(CC)c1ccc(OC)cc1. The summed E-state index contributed by atoms with van der Waals surface area (Å²) in [5, 5.41) is 3.56. The van der Waals surface area contributed by atoms with Crippen LogP contribution in [0.1, 0.15) is 38.3 Å². The summed E-state index contributed by atoms with van der Waals surface area (Å²) in [4.78, 5) is 0. The van der Waals surface area contributed by atoms with Crippen molar-refractivity contribution in [2.75, 3.05) is 26.9 Å². The molecule has 0 amide bonds. The lowest BCUT2D eigenvalue weighted by molar-refractivity contribution is 0.144. The van der Waals surface area contributed by atoms with Crippen molar-refractivity contribution in [3.05, 3.63) is 29.8 Å². The zero-order valence-electron chi connectivity index (χ0n) is 11.7. The van der Waals surface area contributed by atoms with Crippen LogP contribution in [0.5, 0.6) is 5.75 Å². The third kappa shape index (κ3) is 5.07. The molecule has 0 spiro atoms. The van der Waals surface area contributed by atoms with E-state index in [2.05, 4.69) is 24.4 Å². The van der Waals surface area contributed by atoms with Crippen LogP contribution in [-0.2, 0) is 4.74 Å². The van der Waals surface area contributed by atoms with Gasteiger partial charge in [-0.1, -0.05) is 19.1 Å². The molecule has 18 heavy (non-hydrogen) atoms. The highest BCUT2D eigenvalue weighted by atomic mass is 16.5. The van der Waals surface area contributed by atoms with Crippen molar-refractivity contribution in [3.63, 3.8) is 0 Å². The third-order valence-electron chi connectivity index (χ3n) is 2.99. The first-order chi connectivity index (χ1) is 8.81. The Morgan fingerprint density at radius 1 is 1.17 bits per heavy atom. The van der Waals surface area contributed by atoms with Crippen LogP contribution in [-0.4, -0.2) is 26.9 Å². The standard InChI is InChI=1S/C15H25NO2/c1-4-15(16-11-6-12-18-5-2)13-7-9-14(17-3)10-8-13/h7-10,15-16H,4-6,11-12H2,1-3H3. The van der Waals surface area contributed by atoms with E-state index < -0.39 is 0 Å². The van der Waals surface area contributed by atoms with E-state index in [4.69, 9.17) is 9.47 Å². The summed E-state index contributed by atoms with van der Waals surface area (Å²) in [5.74, 6) is 0.907. The fraction of sp³-hybridized carbons (Fsp3) is 0.600. The van der Waals surface area contributed by atoms with Gasteiger partial charge in [0.05, 0.1) is 7.11 Å². The Kier molecular flexibility index (Phi) is 7.46. The molecule has 0 saturated heterocycles. The monoisotopic (exact) mass is 251 g/mol. The molecule has 3 heteroatoms. The number of hydrogen-bond donors (Lipinski definition) is 1. The Morgan fingerprint density at radius 3 is 2.44 bits per heavy atom. The lowest BCUT2D eigenvalue weighted by Gasteiger charge is -2.17. The molecule has 0 aliphatic rings. The third-order valence-corrected chi connectivity index (χ3v) is 2.99. The Balaban J connectivity index is 2.39. The number of hydrogen-bond acceptors (Lipinski definition) is 3. The van der Waals surface area contributed by atoms with E-state index in [1.54, 1.807) is 7.11 Å². The molecular weight excluding hydrogens is 226 g/mol. The first-order valence-electron chi connectivity index (χ1n) is 6.76. The van der Waals surface area contributed by atoms with Gasteiger partial charge >= 0.3 is 0 Å². The van der Waals surface area contributed by atoms with Gasteiger partial charge in [0.2, 0.25) is 0 Å². The van der Waals surface area contributed by atoms with E-state index in [1.165, 1.54) is 5.56 Å². The first-order valence-corrected chi connectivity index (χ1v) is 6.76. The fourth-order valence-corrected chi connectivity index (χ4v) is 1.93. The lowest BCUT2D eigenvalue weighted by Crippen LogP contribution is -2.22. The molecule has 0 bridgehead atoms. The zero-order chi connectivity index (χ0) is 13.2. The molecule has 1 unspecified atom stereocenters. The smallest absolute Gasteiger partial charge is 0.118 e. The Hall–Kier alpha value is -1.06. The average molecular weight is 251 g/mol. The van der Waals surface area contributed by atoms with Gasteiger partial charge in [-0.2, -0.15) is 0 Å². The molecule has 102 valence electrons. The summed E-state index contributed by atoms with van der Waals surface area (Å²) >= 11 is 0. The van der Waals surface area contributed by atoms with Crippen LogP contribution in [0.25, 0.3) is 0 Å². The molecule has 0 saturated carbocycles. The summed E-state index contributed by atoms with van der Waals surface area (Å²) in [6.07, 6.45) is 2.14. The van der Waals surface area contributed by atoms with E-state index in [-0.39, 0.29) is 0 Å². The number of ether oxygens (including phenoxy) is 2. The molecule has 0 heterocycles. The van der Waals surface area contributed by atoms with Crippen molar-refractivity contribution in [2.45, 2.75) is 32.7 Å². The second-order valence-corrected chi connectivity index (χ2v) is 4.24. The summed E-state index contributed by atoms with van der Waals surface area (Å²) in [6.45, 7) is 6.85. The molecule has 3 nitrogen and oxygen atoms in total. The predicted molar refractivity (Wildman–Crippen MR) is 75.1 cm³/mol. The largest absolute Gasteiger partial charge is 0.497 e. The van der Waals surface area contributed by atoms with Gasteiger partial charge in [-0.3, -0.25) is 0 Å². The van der Waals surface area contributed by atoms with Gasteiger partial charge in [-0.25, -0.2) is 0 Å². The normalized spacial score (nSPS) is 12.4. The Labute approximate surface area is 110 Å². The van der Waals surface area contributed by atoms with Crippen LogP contribution in [0.4, 0.5) is 0 Å². The molecule has 1 atom stereocenters. The molecule has 1 aromatic carbocycles. The minimum absolute atomic E-state index is 0.414. The van der Waals surface area contributed by atoms with Crippen LogP contribution >= 0.6 is 0 Å². The second-order valence-electron chi connectivity index (χ2n) is 4.24. The molecule has 0 aliphatic heterocycles. The summed E-state index contributed by atoms with van der Waals surface area (Å²) in [6, 6.07) is 8.70. The van der Waals surface area contributed by atoms with Gasteiger partial charge in [0.25, 0.3) is 0 Å². The van der Waals surface area contributed by atoms with Crippen molar-refractivity contribution < 1.29 is 9.47 Å². The van der Waals surface area contributed by atoms with E-state index in [9.17, 15) is 0 Å². The van der Waals surface area contributed by atoms with Gasteiger partial charge in [0.15, 0.2) is 0 Å². The molecule has 1 N–H and O–H groups in total. The quantitative estimate of drug-likeness (QED) is 0.684. The van der Waals surface area contributed by atoms with Gasteiger partial charge in [-0.15, -0.1) is 0 Å². The minimum Gasteiger partial charge on any atom is -0.497 e. The van der Waals surface area contributed by atoms with Crippen molar-refractivity contribution in [1.82, 2.24) is 5.32 Å². The molecule has 1 rings (SSSR count). The maximum atomic E-state index is 5.33. The van der Waals surface area contributed by atoms with E-state index >= 15 is 0 Å².